The summed E-state index contributed by atoms with van der Waals surface area (Å²) in [7, 11) is 0. The van der Waals surface area contributed by atoms with Crippen LogP contribution in [0.1, 0.15) is 18.1 Å². The number of rotatable bonds is 2. The highest BCUT2D eigenvalue weighted by atomic mass is 32.1. The van der Waals surface area contributed by atoms with E-state index in [1.54, 1.807) is 17.4 Å². The number of hydrogen-bond acceptors (Lipinski definition) is 2. The van der Waals surface area contributed by atoms with E-state index >= 15 is 0 Å². The fourth-order valence-electron chi connectivity index (χ4n) is 1.63. The maximum atomic E-state index is 9.83. The third kappa shape index (κ3) is 1.90. The van der Waals surface area contributed by atoms with Crippen LogP contribution in [0.2, 0.25) is 0 Å². The van der Waals surface area contributed by atoms with Crippen LogP contribution in [0.3, 0.4) is 0 Å². The first-order valence-electron chi connectivity index (χ1n) is 5.08. The van der Waals surface area contributed by atoms with Crippen molar-refractivity contribution < 1.29 is 5.11 Å². The van der Waals surface area contributed by atoms with Gasteiger partial charge in [-0.3, -0.25) is 0 Å². The number of benzene rings is 1. The highest BCUT2D eigenvalue weighted by Gasteiger charge is 2.08. The van der Waals surface area contributed by atoms with Gasteiger partial charge in [0, 0.05) is 10.4 Å². The second kappa shape index (κ2) is 4.07. The van der Waals surface area contributed by atoms with Crippen LogP contribution >= 0.6 is 11.3 Å². The molecule has 0 unspecified atom stereocenters. The number of hydrogen-bond donors (Lipinski definition) is 1. The molecule has 0 radical (unpaired) electrons. The lowest BCUT2D eigenvalue weighted by Gasteiger charge is -2.06. The normalized spacial score (nSPS) is 10.5. The lowest BCUT2D eigenvalue weighted by Crippen LogP contribution is -1.83. The van der Waals surface area contributed by atoms with Crippen molar-refractivity contribution in [3.63, 3.8) is 0 Å². The van der Waals surface area contributed by atoms with E-state index in [2.05, 4.69) is 31.4 Å². The van der Waals surface area contributed by atoms with Crippen LogP contribution in [0.15, 0.2) is 29.6 Å². The minimum Gasteiger partial charge on any atom is -0.507 e. The van der Waals surface area contributed by atoms with E-state index in [1.165, 1.54) is 16.0 Å². The van der Waals surface area contributed by atoms with Crippen molar-refractivity contribution in [3.05, 3.63) is 40.8 Å². The van der Waals surface area contributed by atoms with Gasteiger partial charge in [0.2, 0.25) is 0 Å². The van der Waals surface area contributed by atoms with Gasteiger partial charge < -0.3 is 5.11 Å². The summed E-state index contributed by atoms with van der Waals surface area (Å²) in [5, 5.41) is 11.9. The van der Waals surface area contributed by atoms with Gasteiger partial charge in [-0.25, -0.2) is 0 Å². The molecule has 1 heterocycles. The second-order valence-corrected chi connectivity index (χ2v) is 4.55. The molecule has 0 fully saturated rings. The van der Waals surface area contributed by atoms with E-state index in [0.29, 0.717) is 5.75 Å². The van der Waals surface area contributed by atoms with Crippen LogP contribution in [0.4, 0.5) is 0 Å². The Morgan fingerprint density at radius 3 is 2.67 bits per heavy atom. The zero-order chi connectivity index (χ0) is 10.8. The Labute approximate surface area is 94.0 Å². The van der Waals surface area contributed by atoms with Gasteiger partial charge in [0.05, 0.1) is 0 Å². The van der Waals surface area contributed by atoms with E-state index in [-0.39, 0.29) is 0 Å². The molecule has 2 heteroatoms. The van der Waals surface area contributed by atoms with Crippen molar-refractivity contribution in [3.8, 4) is 16.2 Å². The van der Waals surface area contributed by atoms with Crippen LogP contribution < -0.4 is 0 Å². The molecule has 2 rings (SSSR count). The largest absolute Gasteiger partial charge is 0.507 e. The van der Waals surface area contributed by atoms with Crippen molar-refractivity contribution in [2.24, 2.45) is 0 Å². The summed E-state index contributed by atoms with van der Waals surface area (Å²) in [5.74, 6) is 0.373. The lowest BCUT2D eigenvalue weighted by molar-refractivity contribution is 0.477. The summed E-state index contributed by atoms with van der Waals surface area (Å²) in [6, 6.07) is 7.92. The molecule has 1 nitrogen and oxygen atoms in total. The summed E-state index contributed by atoms with van der Waals surface area (Å²) in [5.41, 5.74) is 3.45. The molecule has 0 saturated heterocycles. The van der Waals surface area contributed by atoms with Crippen LogP contribution in [-0.4, -0.2) is 5.11 Å². The molecule has 15 heavy (non-hydrogen) atoms. The predicted octanol–water partition coefficient (Wildman–Crippen LogP) is 3.99. The van der Waals surface area contributed by atoms with Crippen molar-refractivity contribution >= 4 is 11.3 Å². The highest BCUT2D eigenvalue weighted by Crippen LogP contribution is 2.35. The summed E-state index contributed by atoms with van der Waals surface area (Å²) in [6.45, 7) is 4.20. The van der Waals surface area contributed by atoms with Gasteiger partial charge in [-0.2, -0.15) is 0 Å². The monoisotopic (exact) mass is 218 g/mol. The minimum absolute atomic E-state index is 0.373. The van der Waals surface area contributed by atoms with E-state index < -0.39 is 0 Å². The van der Waals surface area contributed by atoms with Crippen LogP contribution in [0, 0.1) is 6.92 Å². The number of thiophene rings is 1. The summed E-state index contributed by atoms with van der Waals surface area (Å²) in [6.07, 6.45) is 0.998. The SMILES string of the molecule is CCc1ccc(O)c(-c2sccc2C)c1. The average molecular weight is 218 g/mol. The smallest absolute Gasteiger partial charge is 0.124 e. The van der Waals surface area contributed by atoms with Crippen molar-refractivity contribution in [2.45, 2.75) is 20.3 Å². The minimum atomic E-state index is 0.373. The van der Waals surface area contributed by atoms with Gasteiger partial charge in [0.1, 0.15) is 5.75 Å². The first-order chi connectivity index (χ1) is 7.22. The molecule has 0 amide bonds. The van der Waals surface area contributed by atoms with Gasteiger partial charge in [-0.15, -0.1) is 11.3 Å². The molecule has 1 aromatic carbocycles. The fraction of sp³-hybridized carbons (Fsp3) is 0.231. The molecular weight excluding hydrogens is 204 g/mol. The number of aryl methyl sites for hydroxylation is 2. The van der Waals surface area contributed by atoms with Crippen LogP contribution in [-0.2, 0) is 6.42 Å². The Bertz CT molecular complexity index is 471. The van der Waals surface area contributed by atoms with E-state index in [9.17, 15) is 5.11 Å². The zero-order valence-corrected chi connectivity index (χ0v) is 9.77. The third-order valence-electron chi connectivity index (χ3n) is 2.58. The molecule has 1 aromatic heterocycles. The van der Waals surface area contributed by atoms with E-state index in [1.807, 2.05) is 6.07 Å². The quantitative estimate of drug-likeness (QED) is 0.808. The molecule has 0 aliphatic heterocycles. The number of phenols is 1. The van der Waals surface area contributed by atoms with Gasteiger partial charge in [0.15, 0.2) is 0 Å². The highest BCUT2D eigenvalue weighted by molar-refractivity contribution is 7.13. The first-order valence-corrected chi connectivity index (χ1v) is 5.96. The second-order valence-electron chi connectivity index (χ2n) is 3.64. The summed E-state index contributed by atoms with van der Waals surface area (Å²) < 4.78 is 0. The van der Waals surface area contributed by atoms with Crippen LogP contribution in [0.5, 0.6) is 5.75 Å². The number of aromatic hydroxyl groups is 1. The molecule has 0 aliphatic carbocycles. The Kier molecular flexibility index (Phi) is 2.78. The van der Waals surface area contributed by atoms with Gasteiger partial charge >= 0.3 is 0 Å². The Morgan fingerprint density at radius 1 is 1.27 bits per heavy atom. The molecular formula is C13H14OS. The first kappa shape index (κ1) is 10.2. The number of phenolic OH excluding ortho intramolecular Hbond substituents is 1. The molecule has 0 bridgehead atoms. The van der Waals surface area contributed by atoms with E-state index in [0.717, 1.165) is 12.0 Å². The molecule has 2 aromatic rings. The average Bonchev–Trinajstić information content (AvgIpc) is 2.65. The Hall–Kier alpha value is -1.28. The molecule has 0 aliphatic rings. The fourth-order valence-corrected chi connectivity index (χ4v) is 2.59. The zero-order valence-electron chi connectivity index (χ0n) is 8.95. The van der Waals surface area contributed by atoms with E-state index in [4.69, 9.17) is 0 Å². The van der Waals surface area contributed by atoms with Crippen LogP contribution in [0.25, 0.3) is 10.4 Å². The Balaban J connectivity index is 2.56. The topological polar surface area (TPSA) is 20.2 Å². The standard InChI is InChI=1S/C13H14OS/c1-3-10-4-5-12(14)11(8-10)13-9(2)6-7-15-13/h4-8,14H,3H2,1-2H3. The van der Waals surface area contributed by atoms with Gasteiger partial charge in [-0.05, 0) is 48.1 Å². The molecule has 0 saturated carbocycles. The van der Waals surface area contributed by atoms with Gasteiger partial charge in [0.25, 0.3) is 0 Å². The Morgan fingerprint density at radius 2 is 2.07 bits per heavy atom. The third-order valence-corrected chi connectivity index (χ3v) is 3.63. The maximum Gasteiger partial charge on any atom is 0.124 e. The molecule has 78 valence electrons. The maximum absolute atomic E-state index is 9.83. The molecule has 0 atom stereocenters. The van der Waals surface area contributed by atoms with Crippen molar-refractivity contribution in [2.75, 3.05) is 0 Å². The van der Waals surface area contributed by atoms with Crippen molar-refractivity contribution in [1.82, 2.24) is 0 Å². The summed E-state index contributed by atoms with van der Waals surface area (Å²) >= 11 is 1.68. The predicted molar refractivity (Wildman–Crippen MR) is 65.5 cm³/mol. The lowest BCUT2D eigenvalue weighted by atomic mass is 10.0. The van der Waals surface area contributed by atoms with Crippen molar-refractivity contribution in [1.29, 1.82) is 0 Å². The summed E-state index contributed by atoms with van der Waals surface area (Å²) in [4.78, 5) is 1.17. The van der Waals surface area contributed by atoms with Gasteiger partial charge in [-0.1, -0.05) is 13.0 Å². The molecule has 0 spiro atoms. The molecule has 1 N–H and O–H groups in total.